The highest BCUT2D eigenvalue weighted by molar-refractivity contribution is 5.95. The number of Topliss-reactive ketones (excluding diaryl/α,β-unsaturated/α-hetero) is 1. The lowest BCUT2D eigenvalue weighted by molar-refractivity contribution is 0.101. The van der Waals surface area contributed by atoms with Crippen molar-refractivity contribution in [1.82, 2.24) is 0 Å². The lowest BCUT2D eigenvalue weighted by Gasteiger charge is -2.03. The van der Waals surface area contributed by atoms with Gasteiger partial charge in [0.2, 0.25) is 0 Å². The fourth-order valence-corrected chi connectivity index (χ4v) is 2.38. The molecule has 0 spiro atoms. The largest absolute Gasteiger partial charge is 0.295 e. The van der Waals surface area contributed by atoms with Crippen LogP contribution in [0.4, 0.5) is 0 Å². The molecule has 1 nitrogen and oxygen atoms in total. The molecule has 0 fully saturated rings. The highest BCUT2D eigenvalue weighted by Crippen LogP contribution is 2.31. The molecular weight excluding hydrogens is 220 g/mol. The minimum absolute atomic E-state index is 0.116. The van der Waals surface area contributed by atoms with E-state index in [2.05, 4.69) is 30.3 Å². The molecule has 0 N–H and O–H groups in total. The molecule has 1 heteroatoms. The molecule has 0 aliphatic heterocycles. The maximum atomic E-state index is 11.2. The van der Waals surface area contributed by atoms with Crippen LogP contribution in [0.2, 0.25) is 0 Å². The van der Waals surface area contributed by atoms with Gasteiger partial charge in [-0.05, 0) is 35.6 Å². The molecule has 0 bridgehead atoms. The Bertz CT molecular complexity index is 633. The smallest absolute Gasteiger partial charge is 0.159 e. The summed E-state index contributed by atoms with van der Waals surface area (Å²) in [6, 6.07) is 16.3. The maximum absolute atomic E-state index is 11.2. The second-order valence-electron chi connectivity index (χ2n) is 4.68. The number of hydrogen-bond donors (Lipinski definition) is 0. The summed E-state index contributed by atoms with van der Waals surface area (Å²) in [5.41, 5.74) is 5.99. The van der Waals surface area contributed by atoms with Crippen LogP contribution in [0.3, 0.4) is 0 Å². The molecule has 1 aliphatic carbocycles. The van der Waals surface area contributed by atoms with Crippen molar-refractivity contribution in [3.63, 3.8) is 0 Å². The molecule has 18 heavy (non-hydrogen) atoms. The van der Waals surface area contributed by atoms with Gasteiger partial charge in [-0.15, -0.1) is 0 Å². The van der Waals surface area contributed by atoms with Gasteiger partial charge in [-0.2, -0.15) is 0 Å². The van der Waals surface area contributed by atoms with Crippen molar-refractivity contribution in [3.8, 4) is 0 Å². The molecule has 0 saturated carbocycles. The molecule has 0 heterocycles. The van der Waals surface area contributed by atoms with Crippen LogP contribution in [0, 0.1) is 0 Å². The Labute approximate surface area is 107 Å². The molecule has 88 valence electrons. The summed E-state index contributed by atoms with van der Waals surface area (Å²) < 4.78 is 0. The molecule has 3 rings (SSSR count). The van der Waals surface area contributed by atoms with Crippen LogP contribution < -0.4 is 0 Å². The number of fused-ring (bicyclic) bond motifs is 1. The minimum Gasteiger partial charge on any atom is -0.295 e. The van der Waals surface area contributed by atoms with E-state index >= 15 is 0 Å². The Balaban J connectivity index is 1.92. The van der Waals surface area contributed by atoms with E-state index in [1.165, 1.54) is 22.3 Å². The number of carbonyl (C=O) groups is 1. The zero-order valence-corrected chi connectivity index (χ0v) is 10.3. The van der Waals surface area contributed by atoms with Gasteiger partial charge in [0, 0.05) is 5.56 Å². The second-order valence-corrected chi connectivity index (χ2v) is 4.68. The van der Waals surface area contributed by atoms with Crippen molar-refractivity contribution in [1.29, 1.82) is 0 Å². The zero-order valence-electron chi connectivity index (χ0n) is 10.3. The number of allylic oxidation sites excluding steroid dienone is 1. The van der Waals surface area contributed by atoms with Crippen molar-refractivity contribution < 1.29 is 4.79 Å². The Morgan fingerprint density at radius 2 is 1.72 bits per heavy atom. The van der Waals surface area contributed by atoms with E-state index < -0.39 is 0 Å². The third-order valence-electron chi connectivity index (χ3n) is 3.43. The number of rotatable bonds is 2. The molecular formula is C17H14O. The fraction of sp³-hybridized carbons (Fsp3) is 0.118. The zero-order chi connectivity index (χ0) is 12.5. The summed E-state index contributed by atoms with van der Waals surface area (Å²) in [5, 5.41) is 0. The van der Waals surface area contributed by atoms with Crippen molar-refractivity contribution in [3.05, 3.63) is 70.8 Å². The molecule has 0 saturated heterocycles. The van der Waals surface area contributed by atoms with Crippen LogP contribution >= 0.6 is 0 Å². The van der Waals surface area contributed by atoms with Gasteiger partial charge in [0.15, 0.2) is 5.78 Å². The third-order valence-corrected chi connectivity index (χ3v) is 3.43. The Morgan fingerprint density at radius 3 is 2.39 bits per heavy atom. The standard InChI is InChI=1S/C17H14O/c1-12(18)13-6-8-14(9-7-13)17-10-15-4-2-3-5-16(15)11-17/h2-10H,11H2,1H3. The molecule has 1 aliphatic rings. The predicted molar refractivity (Wildman–Crippen MR) is 74.5 cm³/mol. The summed E-state index contributed by atoms with van der Waals surface area (Å²) in [5.74, 6) is 0.116. The van der Waals surface area contributed by atoms with Gasteiger partial charge in [0.25, 0.3) is 0 Å². The van der Waals surface area contributed by atoms with Crippen LogP contribution in [0.25, 0.3) is 11.6 Å². The Kier molecular flexibility index (Phi) is 2.60. The molecule has 0 aromatic heterocycles. The maximum Gasteiger partial charge on any atom is 0.159 e. The van der Waals surface area contributed by atoms with Crippen molar-refractivity contribution in [2.24, 2.45) is 0 Å². The third kappa shape index (κ3) is 1.88. The van der Waals surface area contributed by atoms with E-state index in [1.807, 2.05) is 24.3 Å². The monoisotopic (exact) mass is 234 g/mol. The Morgan fingerprint density at radius 1 is 1.00 bits per heavy atom. The quantitative estimate of drug-likeness (QED) is 0.718. The molecule has 0 atom stereocenters. The van der Waals surface area contributed by atoms with Crippen molar-refractivity contribution in [2.45, 2.75) is 13.3 Å². The molecule has 0 unspecified atom stereocenters. The van der Waals surface area contributed by atoms with E-state index in [4.69, 9.17) is 0 Å². The number of ketones is 1. The molecule has 2 aromatic rings. The van der Waals surface area contributed by atoms with Crippen LogP contribution in [0.5, 0.6) is 0 Å². The van der Waals surface area contributed by atoms with Gasteiger partial charge in [0.1, 0.15) is 0 Å². The van der Waals surface area contributed by atoms with Crippen molar-refractivity contribution >= 4 is 17.4 Å². The first-order valence-electron chi connectivity index (χ1n) is 6.14. The van der Waals surface area contributed by atoms with E-state index in [0.717, 1.165) is 12.0 Å². The van der Waals surface area contributed by atoms with E-state index in [-0.39, 0.29) is 5.78 Å². The van der Waals surface area contributed by atoms with Gasteiger partial charge < -0.3 is 0 Å². The van der Waals surface area contributed by atoms with Crippen LogP contribution in [-0.2, 0) is 6.42 Å². The Hall–Kier alpha value is -2.15. The summed E-state index contributed by atoms with van der Waals surface area (Å²) >= 11 is 0. The van der Waals surface area contributed by atoms with Crippen molar-refractivity contribution in [2.75, 3.05) is 0 Å². The molecule has 0 radical (unpaired) electrons. The average molecular weight is 234 g/mol. The summed E-state index contributed by atoms with van der Waals surface area (Å²) in [4.78, 5) is 11.2. The summed E-state index contributed by atoms with van der Waals surface area (Å²) in [6.07, 6.45) is 3.22. The highest BCUT2D eigenvalue weighted by Gasteiger charge is 2.13. The summed E-state index contributed by atoms with van der Waals surface area (Å²) in [6.45, 7) is 1.60. The first-order chi connectivity index (χ1) is 8.74. The predicted octanol–water partition coefficient (Wildman–Crippen LogP) is 3.99. The van der Waals surface area contributed by atoms with Crippen LogP contribution in [0.15, 0.2) is 48.5 Å². The fourth-order valence-electron chi connectivity index (χ4n) is 2.38. The highest BCUT2D eigenvalue weighted by atomic mass is 16.1. The molecule has 0 amide bonds. The van der Waals surface area contributed by atoms with Gasteiger partial charge >= 0.3 is 0 Å². The first kappa shape index (κ1) is 11.0. The van der Waals surface area contributed by atoms with E-state index in [0.29, 0.717) is 0 Å². The summed E-state index contributed by atoms with van der Waals surface area (Å²) in [7, 11) is 0. The average Bonchev–Trinajstić information content (AvgIpc) is 2.82. The number of carbonyl (C=O) groups excluding carboxylic acids is 1. The lowest BCUT2D eigenvalue weighted by atomic mass is 10.0. The number of hydrogen-bond acceptors (Lipinski definition) is 1. The minimum atomic E-state index is 0.116. The topological polar surface area (TPSA) is 17.1 Å². The normalized spacial score (nSPS) is 13.1. The van der Waals surface area contributed by atoms with Gasteiger partial charge in [-0.25, -0.2) is 0 Å². The molecule has 2 aromatic carbocycles. The SMILES string of the molecule is CC(=O)c1ccc(C2=Cc3ccccc3C2)cc1. The van der Waals surface area contributed by atoms with Gasteiger partial charge in [0.05, 0.1) is 0 Å². The first-order valence-corrected chi connectivity index (χ1v) is 6.14. The lowest BCUT2D eigenvalue weighted by Crippen LogP contribution is -1.92. The van der Waals surface area contributed by atoms with Crippen LogP contribution in [-0.4, -0.2) is 5.78 Å². The second kappa shape index (κ2) is 4.26. The van der Waals surface area contributed by atoms with Crippen LogP contribution in [0.1, 0.15) is 34.0 Å². The van der Waals surface area contributed by atoms with E-state index in [1.54, 1.807) is 6.92 Å². The van der Waals surface area contributed by atoms with E-state index in [9.17, 15) is 4.79 Å². The van der Waals surface area contributed by atoms with Gasteiger partial charge in [-0.3, -0.25) is 4.79 Å². The van der Waals surface area contributed by atoms with Gasteiger partial charge in [-0.1, -0.05) is 54.6 Å². The number of benzene rings is 2.